The van der Waals surface area contributed by atoms with Crippen molar-refractivity contribution in [2.24, 2.45) is 0 Å². The molecule has 0 bridgehead atoms. The van der Waals surface area contributed by atoms with E-state index >= 15 is 0 Å². The fourth-order valence-corrected chi connectivity index (χ4v) is 11.4. The van der Waals surface area contributed by atoms with E-state index < -0.39 is 58.4 Å². The first-order valence-electron chi connectivity index (χ1n) is 8.43. The third kappa shape index (κ3) is 6.51. The van der Waals surface area contributed by atoms with Gasteiger partial charge in [0.25, 0.3) is 0 Å². The van der Waals surface area contributed by atoms with Crippen LogP contribution in [0.15, 0.2) is 0 Å². The Bertz CT molecular complexity index is 501. The van der Waals surface area contributed by atoms with Gasteiger partial charge in [0.1, 0.15) is 0 Å². The number of hydrogen-bond donors (Lipinski definition) is 0. The predicted molar refractivity (Wildman–Crippen MR) is 89.1 cm³/mol. The van der Waals surface area contributed by atoms with Gasteiger partial charge in [-0.15, -0.1) is 0 Å². The predicted octanol–water partition coefficient (Wildman–Crippen LogP) is 6.80. The van der Waals surface area contributed by atoms with Crippen molar-refractivity contribution in [2.75, 3.05) is 0 Å². The molecule has 0 amide bonds. The molecule has 0 rings (SSSR count). The zero-order valence-electron chi connectivity index (χ0n) is 17.6. The molecule has 0 aromatic carbocycles. The van der Waals surface area contributed by atoms with Gasteiger partial charge in [0, 0.05) is 0 Å². The van der Waals surface area contributed by atoms with Gasteiger partial charge in [-0.05, 0) is 0 Å². The van der Waals surface area contributed by atoms with Crippen molar-refractivity contribution >= 4 is 19.6 Å². The third-order valence-electron chi connectivity index (χ3n) is 4.14. The molecule has 0 radical (unpaired) electrons. The van der Waals surface area contributed by atoms with Crippen LogP contribution >= 0.6 is 0 Å². The second-order valence-electron chi connectivity index (χ2n) is 9.14. The number of rotatable bonds is 6. The van der Waals surface area contributed by atoms with E-state index in [2.05, 4.69) is 0 Å². The number of hydrogen-bond acceptors (Lipinski definition) is 3. The maximum atomic E-state index is 13.4. The van der Waals surface area contributed by atoms with Gasteiger partial charge in [0.05, 0.1) is 0 Å². The summed E-state index contributed by atoms with van der Waals surface area (Å²) >= 11 is -6.41. The zero-order chi connectivity index (χ0) is 24.1. The first kappa shape index (κ1) is 29.0. The average Bonchev–Trinajstić information content (AvgIpc) is 2.30. The average molecular weight is 557 g/mol. The summed E-state index contributed by atoms with van der Waals surface area (Å²) in [6.07, 6.45) is -15.3. The van der Waals surface area contributed by atoms with E-state index in [-0.39, 0.29) is 0 Å². The summed E-state index contributed by atoms with van der Waals surface area (Å²) in [5.41, 5.74) is -9.38. The first-order valence-corrected chi connectivity index (χ1v) is 13.3. The minimum absolute atomic E-state index is 0.498. The molecule has 0 aliphatic heterocycles. The molecule has 176 valence electrons. The fraction of sp³-hybridized carbons (Fsp3) is 1.00. The third-order valence-corrected chi connectivity index (χ3v) is 16.0. The van der Waals surface area contributed by atoms with E-state index in [1.807, 2.05) is 0 Å². The summed E-state index contributed by atoms with van der Waals surface area (Å²) in [6.45, 7) is 6.39. The SMILES string of the molecule is CC(C)([O][Sn]([O]C(C)(C)C(F)(F)F)([O]C(C)(C)C(F)(F)F)[C](C)(C)C)C(F)(F)F. The van der Waals surface area contributed by atoms with E-state index in [0.29, 0.717) is 41.5 Å². The molecule has 13 heteroatoms. The molecule has 0 aliphatic rings. The van der Waals surface area contributed by atoms with Crippen molar-refractivity contribution in [1.82, 2.24) is 0 Å². The molecule has 0 aliphatic carbocycles. The summed E-state index contributed by atoms with van der Waals surface area (Å²) in [5.74, 6) is 0. The summed E-state index contributed by atoms with van der Waals surface area (Å²) in [7, 11) is 0. The van der Waals surface area contributed by atoms with E-state index in [1.165, 1.54) is 0 Å². The van der Waals surface area contributed by atoms with Crippen LogP contribution in [0.25, 0.3) is 0 Å². The molecule has 0 fully saturated rings. The van der Waals surface area contributed by atoms with Crippen LogP contribution in [0.2, 0.25) is 3.43 Å². The van der Waals surface area contributed by atoms with Crippen molar-refractivity contribution in [3.63, 3.8) is 0 Å². The topological polar surface area (TPSA) is 27.7 Å². The molecular formula is C16H27F9O3Sn. The van der Waals surface area contributed by atoms with E-state index in [9.17, 15) is 39.5 Å². The van der Waals surface area contributed by atoms with Gasteiger partial charge in [-0.25, -0.2) is 0 Å². The Hall–Kier alpha value is 0.0487. The van der Waals surface area contributed by atoms with Crippen molar-refractivity contribution in [3.8, 4) is 0 Å². The molecule has 0 aromatic rings. The van der Waals surface area contributed by atoms with Crippen LogP contribution < -0.4 is 0 Å². The van der Waals surface area contributed by atoms with Crippen LogP contribution in [-0.4, -0.2) is 55.0 Å². The van der Waals surface area contributed by atoms with Crippen molar-refractivity contribution in [1.29, 1.82) is 0 Å². The monoisotopic (exact) mass is 558 g/mol. The van der Waals surface area contributed by atoms with Gasteiger partial charge in [-0.3, -0.25) is 0 Å². The second kappa shape index (κ2) is 7.87. The molecule has 0 aromatic heterocycles. The van der Waals surface area contributed by atoms with Crippen LogP contribution in [0.1, 0.15) is 62.3 Å². The van der Waals surface area contributed by atoms with Crippen molar-refractivity contribution in [3.05, 3.63) is 0 Å². The molecule has 0 saturated heterocycles. The number of alkyl halides is 9. The Balaban J connectivity index is 6.80. The molecule has 0 unspecified atom stereocenters. The molecule has 0 atom stereocenters. The summed E-state index contributed by atoms with van der Waals surface area (Å²) in [4.78, 5) is 0. The van der Waals surface area contributed by atoms with Gasteiger partial charge in [0.2, 0.25) is 0 Å². The zero-order valence-corrected chi connectivity index (χ0v) is 20.5. The molecule has 0 spiro atoms. The Kier molecular flexibility index (Phi) is 7.89. The van der Waals surface area contributed by atoms with Crippen LogP contribution in [0, 0.1) is 0 Å². The molecule has 3 nitrogen and oxygen atoms in total. The quantitative estimate of drug-likeness (QED) is 0.266. The van der Waals surface area contributed by atoms with Gasteiger partial charge < -0.3 is 0 Å². The fourth-order valence-electron chi connectivity index (χ4n) is 1.70. The normalized spacial score (nSPS) is 16.3. The Morgan fingerprint density at radius 1 is 0.414 bits per heavy atom. The number of halogens is 9. The first-order chi connectivity index (χ1) is 12.1. The van der Waals surface area contributed by atoms with Gasteiger partial charge >= 0.3 is 169 Å². The summed E-state index contributed by atoms with van der Waals surface area (Å²) in [5, 5.41) is 0. The Morgan fingerprint density at radius 2 is 0.586 bits per heavy atom. The van der Waals surface area contributed by atoms with E-state index in [4.69, 9.17) is 9.22 Å². The molecule has 0 saturated carbocycles. The van der Waals surface area contributed by atoms with Gasteiger partial charge in [-0.2, -0.15) is 0 Å². The van der Waals surface area contributed by atoms with Crippen LogP contribution in [0.4, 0.5) is 39.5 Å². The molecular weight excluding hydrogens is 530 g/mol. The van der Waals surface area contributed by atoms with E-state index in [0.717, 1.165) is 20.8 Å². The van der Waals surface area contributed by atoms with Gasteiger partial charge in [0.15, 0.2) is 0 Å². The van der Waals surface area contributed by atoms with Crippen LogP contribution in [-0.2, 0) is 9.22 Å². The minimum atomic E-state index is -6.41. The Labute approximate surface area is 169 Å². The van der Waals surface area contributed by atoms with Crippen molar-refractivity contribution < 1.29 is 48.7 Å². The van der Waals surface area contributed by atoms with Crippen LogP contribution in [0.3, 0.4) is 0 Å². The Morgan fingerprint density at radius 3 is 0.690 bits per heavy atom. The van der Waals surface area contributed by atoms with Gasteiger partial charge in [-0.1, -0.05) is 0 Å². The van der Waals surface area contributed by atoms with Crippen LogP contribution in [0.5, 0.6) is 0 Å². The summed E-state index contributed by atoms with van der Waals surface area (Å²) < 4.78 is 134. The summed E-state index contributed by atoms with van der Waals surface area (Å²) in [6, 6.07) is 0. The standard InChI is InChI=1S/3C4H6F3O.C4H9.Sn/c3*1-3(2,8)4(5,6)7;1-4(2)3;/h3*1-2H3;1-3H3;/q3*-1;;+3. The molecule has 0 heterocycles. The molecule has 0 N–H and O–H groups in total. The van der Waals surface area contributed by atoms with Crippen molar-refractivity contribution in [2.45, 2.75) is 101 Å². The maximum absolute atomic E-state index is 13.4. The second-order valence-corrected chi connectivity index (χ2v) is 18.3. The van der Waals surface area contributed by atoms with E-state index in [1.54, 1.807) is 0 Å². The molecule has 29 heavy (non-hydrogen) atoms.